The summed E-state index contributed by atoms with van der Waals surface area (Å²) in [5, 5.41) is 1.95. The summed E-state index contributed by atoms with van der Waals surface area (Å²) in [7, 11) is 0. The molecule has 0 saturated carbocycles. The number of halogens is 2. The van der Waals surface area contributed by atoms with E-state index in [1.165, 1.54) is 24.3 Å². The van der Waals surface area contributed by atoms with Crippen LogP contribution >= 0.6 is 11.3 Å². The molecule has 1 aromatic heterocycles. The van der Waals surface area contributed by atoms with Gasteiger partial charge in [0, 0.05) is 17.0 Å². The molecule has 0 fully saturated rings. The third kappa shape index (κ3) is 4.39. The number of nitrogens with zero attached hydrogens (tertiary/aromatic N) is 1. The van der Waals surface area contributed by atoms with Crippen molar-refractivity contribution in [1.82, 2.24) is 4.90 Å². The van der Waals surface area contributed by atoms with Crippen molar-refractivity contribution in [2.45, 2.75) is 13.2 Å². The first kappa shape index (κ1) is 16.2. The van der Waals surface area contributed by atoms with Gasteiger partial charge in [0.1, 0.15) is 5.75 Å². The van der Waals surface area contributed by atoms with E-state index in [0.717, 1.165) is 4.88 Å². The van der Waals surface area contributed by atoms with Crippen LogP contribution in [0.5, 0.6) is 5.75 Å². The molecule has 0 spiro atoms. The van der Waals surface area contributed by atoms with Crippen molar-refractivity contribution in [3.05, 3.63) is 64.9 Å². The minimum absolute atomic E-state index is 0.0278. The van der Waals surface area contributed by atoms with Crippen molar-refractivity contribution in [2.75, 3.05) is 6.54 Å². The maximum Gasteiger partial charge on any atom is 0.387 e. The molecule has 6 heteroatoms. The topological polar surface area (TPSA) is 29.5 Å². The summed E-state index contributed by atoms with van der Waals surface area (Å²) in [4.78, 5) is 15.2. The first-order chi connectivity index (χ1) is 10.6. The largest absolute Gasteiger partial charge is 0.435 e. The van der Waals surface area contributed by atoms with Gasteiger partial charge in [0.15, 0.2) is 0 Å². The summed E-state index contributed by atoms with van der Waals surface area (Å²) >= 11 is 1.57. The Balaban J connectivity index is 2.10. The molecule has 0 aliphatic rings. The van der Waals surface area contributed by atoms with E-state index in [9.17, 15) is 13.6 Å². The Morgan fingerprint density at radius 1 is 1.32 bits per heavy atom. The average molecular weight is 323 g/mol. The van der Waals surface area contributed by atoms with Gasteiger partial charge in [0.25, 0.3) is 5.91 Å². The van der Waals surface area contributed by atoms with Crippen LogP contribution in [0.4, 0.5) is 8.78 Å². The van der Waals surface area contributed by atoms with Gasteiger partial charge >= 0.3 is 6.61 Å². The minimum atomic E-state index is -2.88. The van der Waals surface area contributed by atoms with Crippen LogP contribution in [0.2, 0.25) is 0 Å². The van der Waals surface area contributed by atoms with Crippen molar-refractivity contribution < 1.29 is 18.3 Å². The summed E-state index contributed by atoms with van der Waals surface area (Å²) in [5.74, 6) is -0.156. The highest BCUT2D eigenvalue weighted by atomic mass is 32.1. The normalized spacial score (nSPS) is 10.5. The lowest BCUT2D eigenvalue weighted by atomic mass is 10.2. The molecule has 3 nitrogen and oxygen atoms in total. The number of benzene rings is 1. The van der Waals surface area contributed by atoms with E-state index in [0.29, 0.717) is 18.7 Å². The maximum atomic E-state index is 12.5. The molecule has 1 heterocycles. The third-order valence-electron chi connectivity index (χ3n) is 2.89. The summed E-state index contributed by atoms with van der Waals surface area (Å²) < 4.78 is 28.5. The maximum absolute atomic E-state index is 12.5. The highest BCUT2D eigenvalue weighted by Crippen LogP contribution is 2.18. The predicted molar refractivity (Wildman–Crippen MR) is 82.3 cm³/mol. The zero-order valence-electron chi connectivity index (χ0n) is 11.7. The molecule has 0 aliphatic heterocycles. The van der Waals surface area contributed by atoms with E-state index < -0.39 is 6.61 Å². The van der Waals surface area contributed by atoms with E-state index in [-0.39, 0.29) is 11.7 Å². The van der Waals surface area contributed by atoms with E-state index in [1.807, 2.05) is 17.5 Å². The number of ether oxygens (including phenoxy) is 1. The Morgan fingerprint density at radius 3 is 2.59 bits per heavy atom. The molecule has 22 heavy (non-hydrogen) atoms. The second kappa shape index (κ2) is 7.70. The lowest BCUT2D eigenvalue weighted by Gasteiger charge is -2.20. The Kier molecular flexibility index (Phi) is 5.66. The van der Waals surface area contributed by atoms with Crippen LogP contribution < -0.4 is 4.74 Å². The number of carbonyl (C=O) groups is 1. The Labute approximate surface area is 131 Å². The molecule has 0 N–H and O–H groups in total. The van der Waals surface area contributed by atoms with Crippen LogP contribution in [0, 0.1) is 0 Å². The summed E-state index contributed by atoms with van der Waals surface area (Å²) in [6.07, 6.45) is 1.65. The molecule has 116 valence electrons. The predicted octanol–water partition coefficient (Wildman–Crippen LogP) is 4.18. The lowest BCUT2D eigenvalue weighted by molar-refractivity contribution is -0.0498. The van der Waals surface area contributed by atoms with Crippen LogP contribution in [0.25, 0.3) is 0 Å². The number of amides is 1. The molecule has 1 aromatic carbocycles. The Morgan fingerprint density at radius 2 is 2.05 bits per heavy atom. The van der Waals surface area contributed by atoms with Crippen molar-refractivity contribution in [2.24, 2.45) is 0 Å². The molecule has 2 aromatic rings. The van der Waals surface area contributed by atoms with Gasteiger partial charge in [-0.3, -0.25) is 4.79 Å². The van der Waals surface area contributed by atoms with Gasteiger partial charge in [-0.2, -0.15) is 8.78 Å². The van der Waals surface area contributed by atoms with E-state index >= 15 is 0 Å². The fraction of sp³-hybridized carbons (Fsp3) is 0.188. The quantitative estimate of drug-likeness (QED) is 0.716. The lowest BCUT2D eigenvalue weighted by Crippen LogP contribution is -2.30. The second-order valence-electron chi connectivity index (χ2n) is 4.46. The van der Waals surface area contributed by atoms with Gasteiger partial charge in [0.2, 0.25) is 0 Å². The summed E-state index contributed by atoms with van der Waals surface area (Å²) in [6.45, 7) is 1.67. The number of hydrogen-bond donors (Lipinski definition) is 0. The van der Waals surface area contributed by atoms with Crippen molar-refractivity contribution in [3.8, 4) is 5.75 Å². The number of hydrogen-bond acceptors (Lipinski definition) is 3. The zero-order chi connectivity index (χ0) is 15.9. The van der Waals surface area contributed by atoms with Crippen molar-refractivity contribution >= 4 is 17.2 Å². The fourth-order valence-corrected chi connectivity index (χ4v) is 2.65. The van der Waals surface area contributed by atoms with Crippen LogP contribution in [0.15, 0.2) is 54.4 Å². The van der Waals surface area contributed by atoms with Crippen LogP contribution in [-0.4, -0.2) is 24.0 Å². The van der Waals surface area contributed by atoms with E-state index in [4.69, 9.17) is 0 Å². The monoisotopic (exact) mass is 323 g/mol. The van der Waals surface area contributed by atoms with Crippen molar-refractivity contribution in [3.63, 3.8) is 0 Å². The standard InChI is InChI=1S/C16H15F2NO2S/c1-2-9-19(11-14-4-3-10-22-14)15(20)12-5-7-13(8-6-12)21-16(17)18/h2-8,10,16H,1,9,11H2. The summed E-state index contributed by atoms with van der Waals surface area (Å²) in [6, 6.07) is 9.54. The van der Waals surface area contributed by atoms with Crippen LogP contribution in [0.1, 0.15) is 15.2 Å². The van der Waals surface area contributed by atoms with Crippen LogP contribution in [-0.2, 0) is 6.54 Å². The molecule has 0 aliphatic carbocycles. The SMILES string of the molecule is C=CCN(Cc1cccs1)C(=O)c1ccc(OC(F)F)cc1. The molecule has 0 unspecified atom stereocenters. The van der Waals surface area contributed by atoms with Crippen molar-refractivity contribution in [1.29, 1.82) is 0 Å². The van der Waals surface area contributed by atoms with Crippen LogP contribution in [0.3, 0.4) is 0 Å². The van der Waals surface area contributed by atoms with E-state index in [2.05, 4.69) is 11.3 Å². The number of thiophene rings is 1. The number of rotatable bonds is 7. The van der Waals surface area contributed by atoms with Gasteiger partial charge in [-0.1, -0.05) is 12.1 Å². The molecule has 0 bridgehead atoms. The first-order valence-corrected chi connectivity index (χ1v) is 7.45. The minimum Gasteiger partial charge on any atom is -0.435 e. The van der Waals surface area contributed by atoms with Gasteiger partial charge in [0.05, 0.1) is 6.54 Å². The zero-order valence-corrected chi connectivity index (χ0v) is 12.6. The molecule has 0 radical (unpaired) electrons. The molecular weight excluding hydrogens is 308 g/mol. The van der Waals surface area contributed by atoms with Gasteiger partial charge in [-0.25, -0.2) is 0 Å². The van der Waals surface area contributed by atoms with Gasteiger partial charge < -0.3 is 9.64 Å². The second-order valence-corrected chi connectivity index (χ2v) is 5.49. The Hall–Kier alpha value is -2.21. The molecule has 0 saturated heterocycles. The Bertz CT molecular complexity index is 612. The molecule has 1 amide bonds. The highest BCUT2D eigenvalue weighted by molar-refractivity contribution is 7.09. The number of alkyl halides is 2. The average Bonchev–Trinajstić information content (AvgIpc) is 2.99. The fourth-order valence-electron chi connectivity index (χ4n) is 1.93. The van der Waals surface area contributed by atoms with Gasteiger partial charge in [-0.05, 0) is 35.7 Å². The smallest absolute Gasteiger partial charge is 0.387 e. The first-order valence-electron chi connectivity index (χ1n) is 6.57. The molecule has 0 atom stereocenters. The number of carbonyl (C=O) groups excluding carboxylic acids is 1. The molecule has 2 rings (SSSR count). The summed E-state index contributed by atoms with van der Waals surface area (Å²) in [5.41, 5.74) is 0.417. The highest BCUT2D eigenvalue weighted by Gasteiger charge is 2.16. The van der Waals surface area contributed by atoms with E-state index in [1.54, 1.807) is 22.3 Å². The van der Waals surface area contributed by atoms with Gasteiger partial charge in [-0.15, -0.1) is 17.9 Å². The molecular formula is C16H15F2NO2S. The third-order valence-corrected chi connectivity index (χ3v) is 3.75.